The average Bonchev–Trinajstić information content (AvgIpc) is 3.29. The maximum atomic E-state index is 12.5. The molecule has 0 aromatic carbocycles. The van der Waals surface area contributed by atoms with E-state index in [1.165, 1.54) is 0 Å². The number of carbonyl (C=O) groups excluding carboxylic acids is 2. The molecule has 5 rings (SSSR count). The summed E-state index contributed by atoms with van der Waals surface area (Å²) < 4.78 is 16.4. The summed E-state index contributed by atoms with van der Waals surface area (Å²) in [5.41, 5.74) is 2.54. The molecule has 5 atom stereocenters. The predicted molar refractivity (Wildman–Crippen MR) is 87.1 cm³/mol. The van der Waals surface area contributed by atoms with Crippen molar-refractivity contribution in [2.24, 2.45) is 23.2 Å². The van der Waals surface area contributed by atoms with E-state index >= 15 is 0 Å². The minimum Gasteiger partial charge on any atom is -0.472 e. The first-order valence-electron chi connectivity index (χ1n) is 8.91. The van der Waals surface area contributed by atoms with Gasteiger partial charge in [0.2, 0.25) is 0 Å². The standard InChI is InChI=1S/C20H20O5/c1-11-14-3-2-4-15-19(22)24-10-20(14,15)7-5-13-16(11)17(25-18(13)21)12-6-8-23-9-12/h2,4,6,8-9,11,14-15,17H,3,5,7,10H2,1H3/t11-,14-,15-,17-,20-/m0/s1. The maximum Gasteiger partial charge on any atom is 0.335 e. The summed E-state index contributed by atoms with van der Waals surface area (Å²) in [4.78, 5) is 24.8. The topological polar surface area (TPSA) is 65.7 Å². The summed E-state index contributed by atoms with van der Waals surface area (Å²) in [7, 11) is 0. The molecule has 1 spiro atoms. The van der Waals surface area contributed by atoms with Crippen LogP contribution in [0, 0.1) is 23.2 Å². The van der Waals surface area contributed by atoms with Crippen molar-refractivity contribution in [3.63, 3.8) is 0 Å². The molecule has 1 aromatic heterocycles. The van der Waals surface area contributed by atoms with Crippen LogP contribution in [0.1, 0.15) is 37.9 Å². The first-order chi connectivity index (χ1) is 12.1. The molecule has 1 saturated heterocycles. The summed E-state index contributed by atoms with van der Waals surface area (Å²) in [5, 5.41) is 0. The van der Waals surface area contributed by atoms with E-state index in [1.54, 1.807) is 12.5 Å². The normalized spacial score (nSPS) is 39.4. The lowest BCUT2D eigenvalue weighted by Crippen LogP contribution is -2.42. The molecule has 0 saturated carbocycles. The molecule has 25 heavy (non-hydrogen) atoms. The highest BCUT2D eigenvalue weighted by Crippen LogP contribution is 2.59. The van der Waals surface area contributed by atoms with Crippen molar-refractivity contribution in [1.82, 2.24) is 0 Å². The quantitative estimate of drug-likeness (QED) is 0.579. The van der Waals surface area contributed by atoms with Gasteiger partial charge in [0.05, 0.1) is 25.1 Å². The maximum absolute atomic E-state index is 12.5. The largest absolute Gasteiger partial charge is 0.472 e. The highest BCUT2D eigenvalue weighted by molar-refractivity contribution is 5.93. The van der Waals surface area contributed by atoms with Gasteiger partial charge >= 0.3 is 11.9 Å². The molecule has 3 heterocycles. The minimum absolute atomic E-state index is 0.121. The molecule has 5 heteroatoms. The van der Waals surface area contributed by atoms with Gasteiger partial charge in [-0.1, -0.05) is 19.1 Å². The van der Waals surface area contributed by atoms with Crippen LogP contribution in [0.4, 0.5) is 0 Å². The van der Waals surface area contributed by atoms with Crippen LogP contribution in [0.25, 0.3) is 0 Å². The Labute approximate surface area is 145 Å². The van der Waals surface area contributed by atoms with E-state index in [1.807, 2.05) is 12.1 Å². The van der Waals surface area contributed by atoms with Crippen LogP contribution in [-0.4, -0.2) is 18.5 Å². The van der Waals surface area contributed by atoms with Crippen molar-refractivity contribution >= 4 is 11.9 Å². The lowest BCUT2D eigenvalue weighted by atomic mass is 9.58. The van der Waals surface area contributed by atoms with Crippen molar-refractivity contribution in [2.45, 2.75) is 32.3 Å². The highest BCUT2D eigenvalue weighted by atomic mass is 16.6. The summed E-state index contributed by atoms with van der Waals surface area (Å²) >= 11 is 0. The monoisotopic (exact) mass is 340 g/mol. The van der Waals surface area contributed by atoms with Gasteiger partial charge in [-0.3, -0.25) is 4.79 Å². The molecule has 0 bridgehead atoms. The zero-order chi connectivity index (χ0) is 17.2. The number of esters is 2. The Morgan fingerprint density at radius 1 is 1.28 bits per heavy atom. The number of ether oxygens (including phenoxy) is 2. The SMILES string of the molecule is C[C@@H]1C2=C(CC[C@@]34COC(=O)[C@@H]3C=CC[C@@H]14)C(=O)O[C@H]2c1ccoc1. The molecule has 0 unspecified atom stereocenters. The molecule has 0 amide bonds. The van der Waals surface area contributed by atoms with Crippen LogP contribution < -0.4 is 0 Å². The van der Waals surface area contributed by atoms with E-state index in [9.17, 15) is 9.59 Å². The average molecular weight is 340 g/mol. The number of carbonyl (C=O) groups is 2. The lowest BCUT2D eigenvalue weighted by molar-refractivity contribution is -0.141. The Hall–Kier alpha value is -2.30. The molecule has 2 aliphatic carbocycles. The molecule has 2 aliphatic heterocycles. The molecule has 1 aromatic rings. The third-order valence-electron chi connectivity index (χ3n) is 6.70. The summed E-state index contributed by atoms with van der Waals surface area (Å²) in [6.07, 6.45) is 9.33. The van der Waals surface area contributed by atoms with Crippen molar-refractivity contribution in [3.05, 3.63) is 47.5 Å². The van der Waals surface area contributed by atoms with Gasteiger partial charge in [-0.05, 0) is 42.7 Å². The second-order valence-corrected chi connectivity index (χ2v) is 7.65. The molecular weight excluding hydrogens is 320 g/mol. The number of furan rings is 1. The van der Waals surface area contributed by atoms with Gasteiger partial charge in [-0.25, -0.2) is 4.79 Å². The van der Waals surface area contributed by atoms with Crippen LogP contribution in [0.5, 0.6) is 0 Å². The summed E-state index contributed by atoms with van der Waals surface area (Å²) in [5.74, 6) is -0.115. The minimum atomic E-state index is -0.367. The van der Waals surface area contributed by atoms with Crippen LogP contribution in [-0.2, 0) is 19.1 Å². The molecule has 4 aliphatic rings. The van der Waals surface area contributed by atoms with E-state index in [0.29, 0.717) is 13.0 Å². The lowest BCUT2D eigenvalue weighted by Gasteiger charge is -2.43. The number of hydrogen-bond donors (Lipinski definition) is 0. The molecule has 0 N–H and O–H groups in total. The number of rotatable bonds is 1. The van der Waals surface area contributed by atoms with E-state index < -0.39 is 0 Å². The second kappa shape index (κ2) is 5.10. The smallest absolute Gasteiger partial charge is 0.335 e. The third kappa shape index (κ3) is 1.89. The van der Waals surface area contributed by atoms with Crippen LogP contribution >= 0.6 is 0 Å². The van der Waals surface area contributed by atoms with Gasteiger partial charge < -0.3 is 13.9 Å². The Bertz CT molecular complexity index is 802. The Kier molecular flexibility index (Phi) is 3.06. The third-order valence-corrected chi connectivity index (χ3v) is 6.70. The van der Waals surface area contributed by atoms with Gasteiger partial charge in [0.15, 0.2) is 6.10 Å². The fourth-order valence-electron chi connectivity index (χ4n) is 5.46. The van der Waals surface area contributed by atoms with Gasteiger partial charge in [0.1, 0.15) is 0 Å². The van der Waals surface area contributed by atoms with Crippen molar-refractivity contribution in [1.29, 1.82) is 0 Å². The van der Waals surface area contributed by atoms with E-state index in [4.69, 9.17) is 13.9 Å². The van der Waals surface area contributed by atoms with Gasteiger partial charge in [-0.15, -0.1) is 0 Å². The molecular formula is C20H20O5. The number of allylic oxidation sites excluding steroid dienone is 1. The summed E-state index contributed by atoms with van der Waals surface area (Å²) in [6.45, 7) is 2.63. The number of cyclic esters (lactones) is 2. The highest BCUT2D eigenvalue weighted by Gasteiger charge is 2.59. The first kappa shape index (κ1) is 15.0. The van der Waals surface area contributed by atoms with Gasteiger partial charge in [-0.2, -0.15) is 0 Å². The molecule has 5 nitrogen and oxygen atoms in total. The van der Waals surface area contributed by atoms with E-state index in [-0.39, 0.29) is 41.2 Å². The predicted octanol–water partition coefficient (Wildman–Crippen LogP) is 3.34. The Balaban J connectivity index is 1.60. The van der Waals surface area contributed by atoms with Crippen molar-refractivity contribution < 1.29 is 23.5 Å². The zero-order valence-electron chi connectivity index (χ0n) is 14.1. The van der Waals surface area contributed by atoms with E-state index in [2.05, 4.69) is 13.0 Å². The Morgan fingerprint density at radius 3 is 2.96 bits per heavy atom. The fourth-order valence-corrected chi connectivity index (χ4v) is 5.46. The van der Waals surface area contributed by atoms with Gasteiger partial charge in [0.25, 0.3) is 0 Å². The van der Waals surface area contributed by atoms with Crippen LogP contribution in [0.2, 0.25) is 0 Å². The van der Waals surface area contributed by atoms with Gasteiger partial charge in [0, 0.05) is 16.6 Å². The molecule has 1 fully saturated rings. The summed E-state index contributed by atoms with van der Waals surface area (Å²) in [6, 6.07) is 1.85. The van der Waals surface area contributed by atoms with E-state index in [0.717, 1.165) is 29.6 Å². The molecule has 0 radical (unpaired) electrons. The van der Waals surface area contributed by atoms with Crippen molar-refractivity contribution in [3.8, 4) is 0 Å². The zero-order valence-corrected chi connectivity index (χ0v) is 14.1. The molecule has 130 valence electrons. The van der Waals surface area contributed by atoms with Crippen molar-refractivity contribution in [2.75, 3.05) is 6.61 Å². The number of hydrogen-bond acceptors (Lipinski definition) is 5. The Morgan fingerprint density at radius 2 is 2.16 bits per heavy atom. The van der Waals surface area contributed by atoms with Crippen LogP contribution in [0.3, 0.4) is 0 Å². The first-order valence-corrected chi connectivity index (χ1v) is 8.91. The fraction of sp³-hybridized carbons (Fsp3) is 0.500. The van der Waals surface area contributed by atoms with Crippen LogP contribution in [0.15, 0.2) is 46.3 Å². The second-order valence-electron chi connectivity index (χ2n) is 7.65.